The van der Waals surface area contributed by atoms with Crippen molar-refractivity contribution in [3.8, 4) is 0 Å². The number of benzene rings is 1. The summed E-state index contributed by atoms with van der Waals surface area (Å²) >= 11 is 3.72. The first-order chi connectivity index (χ1) is 7.34. The quantitative estimate of drug-likeness (QED) is 0.665. The van der Waals surface area contributed by atoms with E-state index >= 15 is 0 Å². The Balaban J connectivity index is 2.16. The van der Waals surface area contributed by atoms with Gasteiger partial charge in [0.1, 0.15) is 0 Å². The van der Waals surface area contributed by atoms with Crippen molar-refractivity contribution in [1.82, 2.24) is 0 Å². The molecule has 0 saturated heterocycles. The lowest BCUT2D eigenvalue weighted by molar-refractivity contribution is 1.20. The van der Waals surface area contributed by atoms with E-state index in [-0.39, 0.29) is 0 Å². The number of hydrogen-bond acceptors (Lipinski definition) is 3. The van der Waals surface area contributed by atoms with Crippen molar-refractivity contribution in [2.45, 2.75) is 17.1 Å². The first kappa shape index (κ1) is 9.43. The number of nitrogens with zero attached hydrogens (tertiary/aromatic N) is 1. The summed E-state index contributed by atoms with van der Waals surface area (Å²) in [6.45, 7) is 2.25. The highest BCUT2D eigenvalue weighted by atomic mass is 32.2. The van der Waals surface area contributed by atoms with Gasteiger partial charge in [-0.2, -0.15) is 0 Å². The van der Waals surface area contributed by atoms with E-state index in [1.165, 1.54) is 15.6 Å². The van der Waals surface area contributed by atoms with Crippen molar-refractivity contribution in [2.75, 3.05) is 4.90 Å². The largest absolute Gasteiger partial charge is 0.310 e. The first-order valence-electron chi connectivity index (χ1n) is 4.95. The molecule has 0 amide bonds. The van der Waals surface area contributed by atoms with Gasteiger partial charge in [0.25, 0.3) is 0 Å². The van der Waals surface area contributed by atoms with Gasteiger partial charge in [-0.05, 0) is 30.5 Å². The standard InChI is InChI=1S/C12H11NS2/c1-9-8-12-13(6-7-14-12)10-4-2-3-5-11(10)15-9/h2-9H,1H3. The van der Waals surface area contributed by atoms with Gasteiger partial charge in [0.05, 0.1) is 10.7 Å². The summed E-state index contributed by atoms with van der Waals surface area (Å²) in [5.41, 5.74) is 1.30. The fourth-order valence-electron chi connectivity index (χ4n) is 1.80. The fraction of sp³-hybridized carbons (Fsp3) is 0.167. The Kier molecular flexibility index (Phi) is 2.29. The number of thioether (sulfide) groups is 2. The molecule has 1 unspecified atom stereocenters. The summed E-state index contributed by atoms with van der Waals surface area (Å²) in [5.74, 6) is 0. The molecule has 3 heteroatoms. The molecule has 76 valence electrons. The minimum Gasteiger partial charge on any atom is -0.310 e. The Hall–Kier alpha value is -0.800. The van der Waals surface area contributed by atoms with Crippen LogP contribution in [-0.2, 0) is 0 Å². The Morgan fingerprint density at radius 3 is 3.07 bits per heavy atom. The molecule has 0 aliphatic carbocycles. The molecule has 0 saturated carbocycles. The number of rotatable bonds is 0. The second-order valence-electron chi connectivity index (χ2n) is 3.57. The van der Waals surface area contributed by atoms with Crippen molar-refractivity contribution >= 4 is 29.2 Å². The Bertz CT molecular complexity index is 451. The van der Waals surface area contributed by atoms with Crippen LogP contribution in [0.5, 0.6) is 0 Å². The summed E-state index contributed by atoms with van der Waals surface area (Å²) in [5, 5.41) is 4.02. The molecule has 0 radical (unpaired) electrons. The minimum atomic E-state index is 0.540. The smallest absolute Gasteiger partial charge is 0.0807 e. The number of hydrogen-bond donors (Lipinski definition) is 0. The maximum Gasteiger partial charge on any atom is 0.0807 e. The van der Waals surface area contributed by atoms with Gasteiger partial charge in [0.2, 0.25) is 0 Å². The average Bonchev–Trinajstić information content (AvgIpc) is 2.62. The molecule has 15 heavy (non-hydrogen) atoms. The maximum absolute atomic E-state index is 2.33. The number of fused-ring (bicyclic) bond motifs is 3. The summed E-state index contributed by atoms with van der Waals surface area (Å²) in [6, 6.07) is 8.59. The predicted molar refractivity (Wildman–Crippen MR) is 69.1 cm³/mol. The molecular formula is C12H11NS2. The lowest BCUT2D eigenvalue weighted by Crippen LogP contribution is -2.09. The SMILES string of the molecule is CC1C=C2SC=CN2c2ccccc2S1. The lowest BCUT2D eigenvalue weighted by atomic mass is 10.3. The van der Waals surface area contributed by atoms with Crippen molar-refractivity contribution in [3.05, 3.63) is 47.0 Å². The topological polar surface area (TPSA) is 3.24 Å². The van der Waals surface area contributed by atoms with Crippen LogP contribution in [0.3, 0.4) is 0 Å². The van der Waals surface area contributed by atoms with E-state index in [4.69, 9.17) is 0 Å². The normalized spacial score (nSPS) is 23.1. The molecule has 2 aliphatic heterocycles. The van der Waals surface area contributed by atoms with Crippen LogP contribution in [0.4, 0.5) is 5.69 Å². The molecule has 0 fully saturated rings. The van der Waals surface area contributed by atoms with Gasteiger partial charge in [-0.25, -0.2) is 0 Å². The molecule has 1 aromatic carbocycles. The van der Waals surface area contributed by atoms with Crippen LogP contribution in [0.25, 0.3) is 0 Å². The van der Waals surface area contributed by atoms with E-state index in [2.05, 4.69) is 53.8 Å². The van der Waals surface area contributed by atoms with Gasteiger partial charge in [-0.15, -0.1) is 11.8 Å². The van der Waals surface area contributed by atoms with Crippen LogP contribution in [0.15, 0.2) is 51.9 Å². The third-order valence-electron chi connectivity index (χ3n) is 2.45. The molecule has 1 atom stereocenters. The third-order valence-corrected chi connectivity index (χ3v) is 4.39. The molecule has 0 bridgehead atoms. The zero-order valence-corrected chi connectivity index (χ0v) is 10.0. The summed E-state index contributed by atoms with van der Waals surface area (Å²) in [7, 11) is 0. The van der Waals surface area contributed by atoms with Crippen molar-refractivity contribution in [2.24, 2.45) is 0 Å². The average molecular weight is 233 g/mol. The minimum absolute atomic E-state index is 0.540. The van der Waals surface area contributed by atoms with Crippen LogP contribution in [0.1, 0.15) is 6.92 Å². The Morgan fingerprint density at radius 1 is 1.27 bits per heavy atom. The molecule has 0 aromatic heterocycles. The van der Waals surface area contributed by atoms with Crippen molar-refractivity contribution < 1.29 is 0 Å². The molecule has 0 spiro atoms. The highest BCUT2D eigenvalue weighted by Crippen LogP contribution is 2.44. The van der Waals surface area contributed by atoms with E-state index in [0.29, 0.717) is 5.25 Å². The fourth-order valence-corrected chi connectivity index (χ4v) is 3.81. The van der Waals surface area contributed by atoms with Crippen LogP contribution in [-0.4, -0.2) is 5.25 Å². The Morgan fingerprint density at radius 2 is 2.13 bits per heavy atom. The van der Waals surface area contributed by atoms with Crippen LogP contribution in [0.2, 0.25) is 0 Å². The zero-order chi connectivity index (χ0) is 10.3. The molecular weight excluding hydrogens is 222 g/mol. The van der Waals surface area contributed by atoms with E-state index in [0.717, 1.165) is 0 Å². The molecule has 3 rings (SSSR count). The molecule has 0 N–H and O–H groups in total. The molecule has 2 aliphatic rings. The summed E-state index contributed by atoms with van der Waals surface area (Å²) in [4.78, 5) is 3.64. The van der Waals surface area contributed by atoms with E-state index < -0.39 is 0 Å². The van der Waals surface area contributed by atoms with E-state index in [1.54, 1.807) is 11.8 Å². The third kappa shape index (κ3) is 1.60. The van der Waals surface area contributed by atoms with E-state index in [1.807, 2.05) is 11.8 Å². The van der Waals surface area contributed by atoms with Gasteiger partial charge in [-0.3, -0.25) is 0 Å². The van der Waals surface area contributed by atoms with Gasteiger partial charge in [0, 0.05) is 16.3 Å². The molecule has 1 nitrogen and oxygen atoms in total. The second kappa shape index (κ2) is 3.65. The number of anilines is 1. The highest BCUT2D eigenvalue weighted by Gasteiger charge is 2.22. The maximum atomic E-state index is 2.33. The van der Waals surface area contributed by atoms with Gasteiger partial charge >= 0.3 is 0 Å². The van der Waals surface area contributed by atoms with Crippen LogP contribution >= 0.6 is 23.5 Å². The zero-order valence-electron chi connectivity index (χ0n) is 8.38. The predicted octanol–water partition coefficient (Wildman–Crippen LogP) is 4.05. The first-order valence-corrected chi connectivity index (χ1v) is 6.70. The number of para-hydroxylation sites is 1. The van der Waals surface area contributed by atoms with Gasteiger partial charge < -0.3 is 4.90 Å². The summed E-state index contributed by atoms with van der Waals surface area (Å²) < 4.78 is 0. The van der Waals surface area contributed by atoms with Crippen LogP contribution < -0.4 is 4.90 Å². The monoisotopic (exact) mass is 233 g/mol. The molecule has 2 heterocycles. The second-order valence-corrected chi connectivity index (χ2v) is 5.91. The highest BCUT2D eigenvalue weighted by molar-refractivity contribution is 8.06. The van der Waals surface area contributed by atoms with Gasteiger partial charge in [-0.1, -0.05) is 23.9 Å². The van der Waals surface area contributed by atoms with Gasteiger partial charge in [0.15, 0.2) is 0 Å². The van der Waals surface area contributed by atoms with Crippen molar-refractivity contribution in [1.29, 1.82) is 0 Å². The summed E-state index contributed by atoms with van der Waals surface area (Å²) in [6.07, 6.45) is 4.48. The van der Waals surface area contributed by atoms with Crippen LogP contribution in [0, 0.1) is 0 Å². The molecule has 1 aromatic rings. The van der Waals surface area contributed by atoms with E-state index in [9.17, 15) is 0 Å². The lowest BCUT2D eigenvalue weighted by Gasteiger charge is -2.17. The Labute approximate surface area is 98.2 Å². The van der Waals surface area contributed by atoms with Crippen molar-refractivity contribution in [3.63, 3.8) is 0 Å².